The Labute approximate surface area is 100 Å². The van der Waals surface area contributed by atoms with Crippen molar-refractivity contribution in [1.82, 2.24) is 0 Å². The van der Waals surface area contributed by atoms with Crippen molar-refractivity contribution in [1.29, 1.82) is 0 Å². The Morgan fingerprint density at radius 3 is 2.50 bits per heavy atom. The largest absolute Gasteiger partial charge is 0.149 e. The number of rotatable bonds is 6. The summed E-state index contributed by atoms with van der Waals surface area (Å²) in [6.45, 7) is 2.18. The lowest BCUT2D eigenvalue weighted by Crippen LogP contribution is -2.27. The molecule has 0 aliphatic rings. The van der Waals surface area contributed by atoms with Crippen LogP contribution in [0.3, 0.4) is 0 Å². The number of hydrogen-bond acceptors (Lipinski definition) is 1. The lowest BCUT2D eigenvalue weighted by atomic mass is 9.83. The maximum atomic E-state index is 6.04. The predicted molar refractivity (Wildman–Crippen MR) is 66.8 cm³/mol. The number of hydrogen-bond donors (Lipinski definition) is 0. The molecule has 0 fully saturated rings. The fourth-order valence-corrected chi connectivity index (χ4v) is 3.29. The van der Waals surface area contributed by atoms with Crippen molar-refractivity contribution in [3.05, 3.63) is 22.4 Å². The molecule has 0 aliphatic carbocycles. The molecule has 0 bridgehead atoms. The van der Waals surface area contributed by atoms with Crippen molar-refractivity contribution < 1.29 is 0 Å². The predicted octanol–water partition coefficient (Wildman–Crippen LogP) is 4.55. The zero-order valence-corrected chi connectivity index (χ0v) is 10.8. The lowest BCUT2D eigenvalue weighted by molar-refractivity contribution is 0.343. The van der Waals surface area contributed by atoms with E-state index in [1.165, 1.54) is 4.88 Å². The van der Waals surface area contributed by atoms with Gasteiger partial charge in [0.1, 0.15) is 0 Å². The van der Waals surface area contributed by atoms with Crippen LogP contribution in [-0.4, -0.2) is 11.8 Å². The SMILES string of the molecule is CCCC(CCl)(CCl)Cc1cccs1. The molecule has 0 radical (unpaired) electrons. The van der Waals surface area contributed by atoms with Gasteiger partial charge in [-0.3, -0.25) is 0 Å². The summed E-state index contributed by atoms with van der Waals surface area (Å²) < 4.78 is 0. The molecule has 0 N–H and O–H groups in total. The van der Waals surface area contributed by atoms with Gasteiger partial charge < -0.3 is 0 Å². The molecule has 0 saturated heterocycles. The molecule has 0 aromatic carbocycles. The van der Waals surface area contributed by atoms with Crippen LogP contribution in [0.1, 0.15) is 24.6 Å². The van der Waals surface area contributed by atoms with Gasteiger partial charge in [-0.1, -0.05) is 19.4 Å². The molecule has 1 heterocycles. The van der Waals surface area contributed by atoms with E-state index in [0.29, 0.717) is 11.8 Å². The molecular weight excluding hydrogens is 235 g/mol. The Morgan fingerprint density at radius 2 is 2.07 bits per heavy atom. The van der Waals surface area contributed by atoms with E-state index in [1.807, 2.05) is 0 Å². The van der Waals surface area contributed by atoms with Crippen LogP contribution in [0.4, 0.5) is 0 Å². The van der Waals surface area contributed by atoms with Crippen molar-refractivity contribution in [3.63, 3.8) is 0 Å². The van der Waals surface area contributed by atoms with Gasteiger partial charge in [-0.2, -0.15) is 0 Å². The summed E-state index contributed by atoms with van der Waals surface area (Å²) in [5.74, 6) is 1.31. The zero-order valence-electron chi connectivity index (χ0n) is 8.43. The molecule has 0 saturated carbocycles. The summed E-state index contributed by atoms with van der Waals surface area (Å²) in [7, 11) is 0. The van der Waals surface area contributed by atoms with Gasteiger partial charge in [-0.15, -0.1) is 34.5 Å². The average Bonchev–Trinajstić information content (AvgIpc) is 2.69. The van der Waals surface area contributed by atoms with Gasteiger partial charge in [-0.25, -0.2) is 0 Å². The lowest BCUT2D eigenvalue weighted by Gasteiger charge is -2.28. The molecule has 14 heavy (non-hydrogen) atoms. The summed E-state index contributed by atoms with van der Waals surface area (Å²) in [6.07, 6.45) is 3.27. The second-order valence-electron chi connectivity index (χ2n) is 3.77. The van der Waals surface area contributed by atoms with Gasteiger partial charge in [0.25, 0.3) is 0 Å². The maximum Gasteiger partial charge on any atom is 0.0294 e. The van der Waals surface area contributed by atoms with Crippen LogP contribution in [0.2, 0.25) is 0 Å². The van der Waals surface area contributed by atoms with Crippen molar-refractivity contribution >= 4 is 34.5 Å². The minimum atomic E-state index is 0.0999. The first-order chi connectivity index (χ1) is 6.76. The quantitative estimate of drug-likeness (QED) is 0.650. The van der Waals surface area contributed by atoms with E-state index in [4.69, 9.17) is 23.2 Å². The highest BCUT2D eigenvalue weighted by molar-refractivity contribution is 7.09. The Bertz CT molecular complexity index is 240. The van der Waals surface area contributed by atoms with Crippen LogP contribution in [0, 0.1) is 5.41 Å². The van der Waals surface area contributed by atoms with Crippen LogP contribution >= 0.6 is 34.5 Å². The second kappa shape index (κ2) is 5.99. The van der Waals surface area contributed by atoms with E-state index in [2.05, 4.69) is 24.4 Å². The Balaban J connectivity index is 2.67. The molecular formula is C11H16Cl2S. The van der Waals surface area contributed by atoms with E-state index in [9.17, 15) is 0 Å². The average molecular weight is 251 g/mol. The smallest absolute Gasteiger partial charge is 0.0294 e. The first kappa shape index (κ1) is 12.4. The monoisotopic (exact) mass is 250 g/mol. The third-order valence-electron chi connectivity index (χ3n) is 2.48. The fraction of sp³-hybridized carbons (Fsp3) is 0.636. The third kappa shape index (κ3) is 3.15. The van der Waals surface area contributed by atoms with Crippen LogP contribution in [0.15, 0.2) is 17.5 Å². The number of thiophene rings is 1. The van der Waals surface area contributed by atoms with Gasteiger partial charge in [0, 0.05) is 22.1 Å². The van der Waals surface area contributed by atoms with E-state index in [1.54, 1.807) is 11.3 Å². The van der Waals surface area contributed by atoms with Crippen LogP contribution in [0.5, 0.6) is 0 Å². The fourth-order valence-electron chi connectivity index (χ4n) is 1.67. The minimum absolute atomic E-state index is 0.0999. The highest BCUT2D eigenvalue weighted by Gasteiger charge is 2.27. The third-order valence-corrected chi connectivity index (χ3v) is 4.49. The molecule has 1 aromatic heterocycles. The number of halogens is 2. The van der Waals surface area contributed by atoms with Gasteiger partial charge in [0.05, 0.1) is 0 Å². The van der Waals surface area contributed by atoms with Crippen LogP contribution in [-0.2, 0) is 6.42 Å². The maximum absolute atomic E-state index is 6.04. The highest BCUT2D eigenvalue weighted by atomic mass is 35.5. The Kier molecular flexibility index (Phi) is 5.29. The highest BCUT2D eigenvalue weighted by Crippen LogP contribution is 2.33. The normalized spacial score (nSPS) is 11.9. The molecule has 80 valence electrons. The van der Waals surface area contributed by atoms with Gasteiger partial charge in [0.2, 0.25) is 0 Å². The first-order valence-corrected chi connectivity index (χ1v) is 6.85. The van der Waals surface area contributed by atoms with Crippen molar-refractivity contribution in [2.24, 2.45) is 5.41 Å². The minimum Gasteiger partial charge on any atom is -0.149 e. The molecule has 1 aromatic rings. The van der Waals surface area contributed by atoms with Crippen molar-refractivity contribution in [2.75, 3.05) is 11.8 Å². The molecule has 3 heteroatoms. The van der Waals surface area contributed by atoms with Crippen molar-refractivity contribution in [3.8, 4) is 0 Å². The van der Waals surface area contributed by atoms with Gasteiger partial charge in [-0.05, 0) is 24.3 Å². The van der Waals surface area contributed by atoms with E-state index < -0.39 is 0 Å². The van der Waals surface area contributed by atoms with E-state index in [0.717, 1.165) is 19.3 Å². The topological polar surface area (TPSA) is 0 Å². The molecule has 0 amide bonds. The van der Waals surface area contributed by atoms with Crippen molar-refractivity contribution in [2.45, 2.75) is 26.2 Å². The van der Waals surface area contributed by atoms with E-state index >= 15 is 0 Å². The summed E-state index contributed by atoms with van der Waals surface area (Å²) >= 11 is 13.9. The summed E-state index contributed by atoms with van der Waals surface area (Å²) in [4.78, 5) is 1.39. The van der Waals surface area contributed by atoms with Gasteiger partial charge in [0.15, 0.2) is 0 Å². The first-order valence-electron chi connectivity index (χ1n) is 4.90. The summed E-state index contributed by atoms with van der Waals surface area (Å²) in [5.41, 5.74) is 0.0999. The molecule has 0 atom stereocenters. The molecule has 0 nitrogen and oxygen atoms in total. The summed E-state index contributed by atoms with van der Waals surface area (Å²) in [5, 5.41) is 2.11. The standard InChI is InChI=1S/C11H16Cl2S/c1-2-5-11(8-12,9-13)7-10-4-3-6-14-10/h3-4,6H,2,5,7-9H2,1H3. The Morgan fingerprint density at radius 1 is 1.36 bits per heavy atom. The molecule has 1 rings (SSSR count). The zero-order chi connectivity index (χ0) is 10.4. The molecule has 0 spiro atoms. The second-order valence-corrected chi connectivity index (χ2v) is 5.34. The van der Waals surface area contributed by atoms with Gasteiger partial charge >= 0.3 is 0 Å². The van der Waals surface area contributed by atoms with Crippen LogP contribution < -0.4 is 0 Å². The van der Waals surface area contributed by atoms with Crippen LogP contribution in [0.25, 0.3) is 0 Å². The molecule has 0 unspecified atom stereocenters. The van der Waals surface area contributed by atoms with E-state index in [-0.39, 0.29) is 5.41 Å². The number of alkyl halides is 2. The Hall–Kier alpha value is 0.280. The molecule has 0 aliphatic heterocycles. The summed E-state index contributed by atoms with van der Waals surface area (Å²) in [6, 6.07) is 4.24.